The lowest BCUT2D eigenvalue weighted by molar-refractivity contribution is 0.0718. The highest BCUT2D eigenvalue weighted by Gasteiger charge is 2.48. The molecule has 0 radical (unpaired) electrons. The van der Waals surface area contributed by atoms with Crippen LogP contribution in [0.5, 0.6) is 0 Å². The van der Waals surface area contributed by atoms with E-state index in [2.05, 4.69) is 6.07 Å². The third-order valence-corrected chi connectivity index (χ3v) is 3.48. The number of nitriles is 1. The van der Waals surface area contributed by atoms with Gasteiger partial charge in [0.05, 0.1) is 11.5 Å². The van der Waals surface area contributed by atoms with E-state index in [1.165, 1.54) is 0 Å². The van der Waals surface area contributed by atoms with E-state index < -0.39 is 6.09 Å². The molecule has 2 rings (SSSR count). The van der Waals surface area contributed by atoms with Crippen LogP contribution in [0.3, 0.4) is 0 Å². The van der Waals surface area contributed by atoms with Gasteiger partial charge in [-0.15, -0.1) is 0 Å². The molecule has 14 heavy (non-hydrogen) atoms. The van der Waals surface area contributed by atoms with Crippen LogP contribution in [0.25, 0.3) is 0 Å². The van der Waals surface area contributed by atoms with E-state index in [0.717, 1.165) is 12.8 Å². The molecule has 2 aliphatic heterocycles. The largest absolute Gasteiger partial charge is 0.465 e. The highest BCUT2D eigenvalue weighted by atomic mass is 16.4. The lowest BCUT2D eigenvalue weighted by Gasteiger charge is -2.39. The molecule has 2 aliphatic rings. The average Bonchev–Trinajstić information content (AvgIpc) is 2.40. The van der Waals surface area contributed by atoms with Gasteiger partial charge in [-0.25, -0.2) is 4.79 Å². The SMILES string of the molecule is CC1(C#N)CC2CCC(C1)N2C(=O)O. The zero-order valence-electron chi connectivity index (χ0n) is 8.23. The number of piperidine rings is 1. The third kappa shape index (κ3) is 1.24. The minimum Gasteiger partial charge on any atom is -0.465 e. The molecule has 0 aromatic rings. The van der Waals surface area contributed by atoms with Crippen molar-refractivity contribution in [1.29, 1.82) is 5.26 Å². The summed E-state index contributed by atoms with van der Waals surface area (Å²) in [7, 11) is 0. The predicted molar refractivity (Wildman–Crippen MR) is 49.6 cm³/mol. The van der Waals surface area contributed by atoms with Gasteiger partial charge in [-0.3, -0.25) is 0 Å². The maximum absolute atomic E-state index is 11.0. The lowest BCUT2D eigenvalue weighted by Crippen LogP contribution is -2.48. The Balaban J connectivity index is 2.21. The maximum atomic E-state index is 11.0. The summed E-state index contributed by atoms with van der Waals surface area (Å²) in [6.07, 6.45) is 2.43. The fraction of sp³-hybridized carbons (Fsp3) is 0.800. The molecule has 0 saturated carbocycles. The second kappa shape index (κ2) is 2.88. The molecule has 4 heteroatoms. The Kier molecular flexibility index (Phi) is 1.91. The fourth-order valence-electron chi connectivity index (χ4n) is 2.89. The van der Waals surface area contributed by atoms with Crippen molar-refractivity contribution in [2.45, 2.75) is 44.7 Å². The molecular formula is C10H14N2O2. The molecule has 0 aromatic heterocycles. The molecule has 0 aliphatic carbocycles. The Morgan fingerprint density at radius 2 is 2.00 bits per heavy atom. The lowest BCUT2D eigenvalue weighted by atomic mass is 9.78. The van der Waals surface area contributed by atoms with Gasteiger partial charge in [-0.2, -0.15) is 5.26 Å². The minimum absolute atomic E-state index is 0.0795. The summed E-state index contributed by atoms with van der Waals surface area (Å²) in [6, 6.07) is 2.48. The second-order valence-electron chi connectivity index (χ2n) is 4.66. The van der Waals surface area contributed by atoms with Gasteiger partial charge in [-0.1, -0.05) is 0 Å². The molecule has 2 fully saturated rings. The van der Waals surface area contributed by atoms with Crippen molar-refractivity contribution in [2.75, 3.05) is 0 Å². The molecular weight excluding hydrogens is 180 g/mol. The van der Waals surface area contributed by atoms with Gasteiger partial charge < -0.3 is 10.0 Å². The molecule has 76 valence electrons. The number of carboxylic acid groups (broad SMARTS) is 1. The van der Waals surface area contributed by atoms with Gasteiger partial charge >= 0.3 is 6.09 Å². The minimum atomic E-state index is -0.822. The first-order valence-corrected chi connectivity index (χ1v) is 4.98. The number of nitrogens with zero attached hydrogens (tertiary/aromatic N) is 2. The van der Waals surface area contributed by atoms with E-state index in [0.29, 0.717) is 12.8 Å². The summed E-state index contributed by atoms with van der Waals surface area (Å²) >= 11 is 0. The topological polar surface area (TPSA) is 64.3 Å². The van der Waals surface area contributed by atoms with Gasteiger partial charge in [0.15, 0.2) is 0 Å². The molecule has 0 spiro atoms. The first-order valence-electron chi connectivity index (χ1n) is 4.98. The fourth-order valence-corrected chi connectivity index (χ4v) is 2.89. The van der Waals surface area contributed by atoms with E-state index in [1.54, 1.807) is 4.90 Å². The van der Waals surface area contributed by atoms with Crippen LogP contribution in [0.2, 0.25) is 0 Å². The van der Waals surface area contributed by atoms with Crippen LogP contribution in [-0.2, 0) is 0 Å². The molecule has 1 N–H and O–H groups in total. The molecule has 2 unspecified atom stereocenters. The molecule has 2 bridgehead atoms. The molecule has 0 aromatic carbocycles. The van der Waals surface area contributed by atoms with Crippen LogP contribution in [-0.4, -0.2) is 28.2 Å². The molecule has 2 atom stereocenters. The zero-order valence-corrected chi connectivity index (χ0v) is 8.23. The monoisotopic (exact) mass is 194 g/mol. The van der Waals surface area contributed by atoms with Crippen LogP contribution < -0.4 is 0 Å². The van der Waals surface area contributed by atoms with Crippen LogP contribution in [0.15, 0.2) is 0 Å². The number of hydrogen-bond donors (Lipinski definition) is 1. The summed E-state index contributed by atoms with van der Waals surface area (Å²) in [5.41, 5.74) is -0.308. The number of fused-ring (bicyclic) bond motifs is 2. The van der Waals surface area contributed by atoms with Crippen LogP contribution in [0.4, 0.5) is 4.79 Å². The zero-order chi connectivity index (χ0) is 10.3. The highest BCUT2D eigenvalue weighted by Crippen LogP contribution is 2.44. The Morgan fingerprint density at radius 1 is 1.50 bits per heavy atom. The van der Waals surface area contributed by atoms with E-state index in [-0.39, 0.29) is 17.5 Å². The van der Waals surface area contributed by atoms with Crippen LogP contribution in [0.1, 0.15) is 32.6 Å². The van der Waals surface area contributed by atoms with E-state index in [9.17, 15) is 4.79 Å². The van der Waals surface area contributed by atoms with Gasteiger partial charge in [0, 0.05) is 12.1 Å². The summed E-state index contributed by atoms with van der Waals surface area (Å²) in [6.45, 7) is 1.94. The van der Waals surface area contributed by atoms with E-state index in [1.807, 2.05) is 6.92 Å². The molecule has 1 amide bonds. The van der Waals surface area contributed by atoms with Gasteiger partial charge in [-0.05, 0) is 32.6 Å². The van der Waals surface area contributed by atoms with Gasteiger partial charge in [0.2, 0.25) is 0 Å². The van der Waals surface area contributed by atoms with Crippen molar-refractivity contribution in [1.82, 2.24) is 4.90 Å². The Morgan fingerprint density at radius 3 is 2.36 bits per heavy atom. The summed E-state index contributed by atoms with van der Waals surface area (Å²) < 4.78 is 0. The number of amides is 1. The average molecular weight is 194 g/mol. The van der Waals surface area contributed by atoms with Crippen molar-refractivity contribution in [3.05, 3.63) is 0 Å². The smallest absolute Gasteiger partial charge is 0.407 e. The van der Waals surface area contributed by atoms with Gasteiger partial charge in [0.1, 0.15) is 0 Å². The normalized spacial score (nSPS) is 40.7. The maximum Gasteiger partial charge on any atom is 0.407 e. The Labute approximate surface area is 83.1 Å². The predicted octanol–water partition coefficient (Wildman–Crippen LogP) is 1.82. The quantitative estimate of drug-likeness (QED) is 0.639. The number of hydrogen-bond acceptors (Lipinski definition) is 2. The molecule has 2 saturated heterocycles. The Bertz CT molecular complexity index is 294. The van der Waals surface area contributed by atoms with E-state index in [4.69, 9.17) is 10.4 Å². The number of carbonyl (C=O) groups is 1. The van der Waals surface area contributed by atoms with Crippen molar-refractivity contribution in [3.8, 4) is 6.07 Å². The first-order chi connectivity index (χ1) is 6.56. The third-order valence-electron chi connectivity index (χ3n) is 3.48. The number of rotatable bonds is 0. The Hall–Kier alpha value is -1.24. The van der Waals surface area contributed by atoms with Crippen LogP contribution in [0, 0.1) is 16.7 Å². The summed E-state index contributed by atoms with van der Waals surface area (Å²) in [5.74, 6) is 0. The van der Waals surface area contributed by atoms with Crippen LogP contribution >= 0.6 is 0 Å². The first kappa shape index (κ1) is 9.32. The van der Waals surface area contributed by atoms with Crippen molar-refractivity contribution < 1.29 is 9.90 Å². The summed E-state index contributed by atoms with van der Waals surface area (Å²) in [5, 5.41) is 18.0. The van der Waals surface area contributed by atoms with Crippen molar-refractivity contribution in [3.63, 3.8) is 0 Å². The summed E-state index contributed by atoms with van der Waals surface area (Å²) in [4.78, 5) is 12.5. The molecule has 4 nitrogen and oxygen atoms in total. The second-order valence-corrected chi connectivity index (χ2v) is 4.66. The highest BCUT2D eigenvalue weighted by molar-refractivity contribution is 5.66. The van der Waals surface area contributed by atoms with Crippen molar-refractivity contribution in [2.24, 2.45) is 5.41 Å². The van der Waals surface area contributed by atoms with Gasteiger partial charge in [0.25, 0.3) is 0 Å². The standard InChI is InChI=1S/C10H14N2O2/c1-10(6-11)4-7-2-3-8(5-10)12(7)9(13)14/h7-8H,2-5H2,1H3,(H,13,14). The van der Waals surface area contributed by atoms with E-state index >= 15 is 0 Å². The molecule has 2 heterocycles. The van der Waals surface area contributed by atoms with Crippen molar-refractivity contribution >= 4 is 6.09 Å².